The van der Waals surface area contributed by atoms with E-state index in [0.29, 0.717) is 31.7 Å². The molecule has 0 saturated carbocycles. The number of anilines is 4. The molecule has 0 bridgehead atoms. The van der Waals surface area contributed by atoms with Crippen LogP contribution in [0.5, 0.6) is 0 Å². The molecule has 2 aromatic rings. The number of piperidine rings is 1. The number of hydrogen-bond acceptors (Lipinski definition) is 8. The molecule has 0 atom stereocenters. The minimum absolute atomic E-state index is 0.0666. The molecule has 9 heteroatoms. The molecule has 9 nitrogen and oxygen atoms in total. The average molecular weight is 399 g/mol. The van der Waals surface area contributed by atoms with Crippen LogP contribution in [0.2, 0.25) is 0 Å². The molecule has 0 amide bonds. The summed E-state index contributed by atoms with van der Waals surface area (Å²) in [7, 11) is 0. The predicted octanol–water partition coefficient (Wildman–Crippen LogP) is 2.53. The van der Waals surface area contributed by atoms with Crippen LogP contribution < -0.4 is 15.1 Å². The Morgan fingerprint density at radius 1 is 1.03 bits per heavy atom. The van der Waals surface area contributed by atoms with Crippen LogP contribution in [0.15, 0.2) is 36.4 Å². The molecule has 2 aliphatic rings. The Morgan fingerprint density at radius 3 is 2.38 bits per heavy atom. The van der Waals surface area contributed by atoms with Crippen LogP contribution in [0, 0.1) is 10.1 Å². The van der Waals surface area contributed by atoms with Gasteiger partial charge in [0.25, 0.3) is 0 Å². The van der Waals surface area contributed by atoms with Crippen LogP contribution in [0.3, 0.4) is 0 Å². The maximum absolute atomic E-state index is 11.5. The Labute approximate surface area is 169 Å². The van der Waals surface area contributed by atoms with Crippen LogP contribution in [0.4, 0.5) is 28.7 Å². The van der Waals surface area contributed by atoms with Crippen LogP contribution in [0.1, 0.15) is 12.8 Å². The lowest BCUT2D eigenvalue weighted by Crippen LogP contribution is -2.36. The van der Waals surface area contributed by atoms with Gasteiger partial charge in [-0.1, -0.05) is 0 Å². The van der Waals surface area contributed by atoms with E-state index in [0.717, 1.165) is 37.7 Å². The highest BCUT2D eigenvalue weighted by molar-refractivity contribution is 5.69. The highest BCUT2D eigenvalue weighted by Gasteiger charge is 2.22. The molecule has 0 spiro atoms. The van der Waals surface area contributed by atoms with Crippen LogP contribution in [-0.4, -0.2) is 60.5 Å². The van der Waals surface area contributed by atoms with Crippen molar-refractivity contribution >= 4 is 28.7 Å². The highest BCUT2D eigenvalue weighted by atomic mass is 16.6. The fraction of sp³-hybridized carbons (Fsp3) is 0.450. The van der Waals surface area contributed by atoms with E-state index in [9.17, 15) is 15.2 Å². The standard InChI is InChI=1S/C20H25N5O4/c26-17-7-9-24(10-8-17)19-6-5-18(25(27)28)20(22-19)21-15-1-3-16(4-2-15)23-11-13-29-14-12-23/h1-6,17,26H,7-14H2,(H,21,22). The number of ether oxygens (including phenoxy) is 1. The summed E-state index contributed by atoms with van der Waals surface area (Å²) >= 11 is 0. The second-order valence-electron chi connectivity index (χ2n) is 7.28. The maximum atomic E-state index is 11.5. The topological polar surface area (TPSA) is 104 Å². The third-order valence-electron chi connectivity index (χ3n) is 5.35. The lowest BCUT2D eigenvalue weighted by molar-refractivity contribution is -0.384. The summed E-state index contributed by atoms with van der Waals surface area (Å²) in [5.41, 5.74) is 1.77. The lowest BCUT2D eigenvalue weighted by atomic mass is 10.1. The van der Waals surface area contributed by atoms with E-state index in [1.54, 1.807) is 6.07 Å². The van der Waals surface area contributed by atoms with Gasteiger partial charge in [-0.2, -0.15) is 0 Å². The van der Waals surface area contributed by atoms with Gasteiger partial charge in [0.1, 0.15) is 5.82 Å². The van der Waals surface area contributed by atoms with Gasteiger partial charge in [0.2, 0.25) is 5.82 Å². The lowest BCUT2D eigenvalue weighted by Gasteiger charge is -2.30. The zero-order valence-corrected chi connectivity index (χ0v) is 16.2. The number of nitrogens with zero attached hydrogens (tertiary/aromatic N) is 4. The second-order valence-corrected chi connectivity index (χ2v) is 7.28. The number of pyridine rings is 1. The average Bonchev–Trinajstić information content (AvgIpc) is 2.75. The quantitative estimate of drug-likeness (QED) is 0.584. The molecule has 2 aliphatic heterocycles. The first-order chi connectivity index (χ1) is 14.1. The number of nitrogens with one attached hydrogen (secondary N) is 1. The zero-order chi connectivity index (χ0) is 20.2. The minimum Gasteiger partial charge on any atom is -0.393 e. The van der Waals surface area contributed by atoms with Crippen molar-refractivity contribution in [2.45, 2.75) is 18.9 Å². The van der Waals surface area contributed by atoms with Crippen molar-refractivity contribution in [2.75, 3.05) is 54.5 Å². The fourth-order valence-electron chi connectivity index (χ4n) is 3.67. The molecule has 29 heavy (non-hydrogen) atoms. The zero-order valence-electron chi connectivity index (χ0n) is 16.2. The molecule has 2 saturated heterocycles. The molecule has 4 rings (SSSR count). The van der Waals surface area contributed by atoms with E-state index in [-0.39, 0.29) is 17.6 Å². The summed E-state index contributed by atoms with van der Waals surface area (Å²) in [6.07, 6.45) is 1.06. The smallest absolute Gasteiger partial charge is 0.311 e. The van der Waals surface area contributed by atoms with Gasteiger partial charge >= 0.3 is 5.69 Å². The van der Waals surface area contributed by atoms with Gasteiger partial charge in [-0.15, -0.1) is 0 Å². The Balaban J connectivity index is 1.53. The predicted molar refractivity (Wildman–Crippen MR) is 111 cm³/mol. The summed E-state index contributed by atoms with van der Waals surface area (Å²) in [4.78, 5) is 19.8. The molecule has 1 aromatic heterocycles. The van der Waals surface area contributed by atoms with Crippen molar-refractivity contribution < 1.29 is 14.8 Å². The van der Waals surface area contributed by atoms with E-state index in [1.807, 2.05) is 29.2 Å². The SMILES string of the molecule is O=[N+]([O-])c1ccc(N2CCC(O)CC2)nc1Nc1ccc(N2CCOCC2)cc1. The number of benzene rings is 1. The molecule has 0 radical (unpaired) electrons. The largest absolute Gasteiger partial charge is 0.393 e. The molecule has 3 heterocycles. The molecular weight excluding hydrogens is 374 g/mol. The van der Waals surface area contributed by atoms with Gasteiger partial charge in [-0.3, -0.25) is 10.1 Å². The summed E-state index contributed by atoms with van der Waals surface area (Å²) in [5.74, 6) is 0.896. The molecule has 2 fully saturated rings. The Bertz CT molecular complexity index is 846. The monoisotopic (exact) mass is 399 g/mol. The normalized spacial score (nSPS) is 18.0. The summed E-state index contributed by atoms with van der Waals surface area (Å²) < 4.78 is 5.38. The summed E-state index contributed by atoms with van der Waals surface area (Å²) in [6, 6.07) is 10.9. The number of rotatable bonds is 5. The van der Waals surface area contributed by atoms with Gasteiger partial charge in [0, 0.05) is 43.6 Å². The van der Waals surface area contributed by atoms with E-state index in [4.69, 9.17) is 4.74 Å². The van der Waals surface area contributed by atoms with Crippen molar-refractivity contribution in [2.24, 2.45) is 0 Å². The second kappa shape index (κ2) is 8.62. The first-order valence-corrected chi connectivity index (χ1v) is 9.88. The third-order valence-corrected chi connectivity index (χ3v) is 5.35. The van der Waals surface area contributed by atoms with Crippen LogP contribution in [-0.2, 0) is 4.74 Å². The van der Waals surface area contributed by atoms with Crippen molar-refractivity contribution in [3.63, 3.8) is 0 Å². The van der Waals surface area contributed by atoms with Crippen molar-refractivity contribution in [3.8, 4) is 0 Å². The number of morpholine rings is 1. The van der Waals surface area contributed by atoms with Crippen molar-refractivity contribution in [3.05, 3.63) is 46.5 Å². The van der Waals surface area contributed by atoms with Crippen molar-refractivity contribution in [1.82, 2.24) is 4.98 Å². The van der Waals surface area contributed by atoms with Gasteiger partial charge in [0.05, 0.1) is 24.2 Å². The Kier molecular flexibility index (Phi) is 5.77. The first kappa shape index (κ1) is 19.4. The number of aliphatic hydroxyl groups is 1. The van der Waals surface area contributed by atoms with Crippen molar-refractivity contribution in [1.29, 1.82) is 0 Å². The van der Waals surface area contributed by atoms with E-state index < -0.39 is 4.92 Å². The molecule has 1 aromatic carbocycles. The summed E-state index contributed by atoms with van der Waals surface area (Å²) in [6.45, 7) is 4.50. The maximum Gasteiger partial charge on any atom is 0.311 e. The summed E-state index contributed by atoms with van der Waals surface area (Å²) in [5, 5.41) is 24.3. The van der Waals surface area contributed by atoms with Gasteiger partial charge in [-0.05, 0) is 43.2 Å². The van der Waals surface area contributed by atoms with Crippen LogP contribution >= 0.6 is 0 Å². The highest BCUT2D eigenvalue weighted by Crippen LogP contribution is 2.30. The van der Waals surface area contributed by atoms with Gasteiger partial charge < -0.3 is 25.0 Å². The van der Waals surface area contributed by atoms with Gasteiger partial charge in [0.15, 0.2) is 0 Å². The molecule has 0 unspecified atom stereocenters. The molecule has 154 valence electrons. The molecular formula is C20H25N5O4. The number of nitro groups is 1. The first-order valence-electron chi connectivity index (χ1n) is 9.88. The van der Waals surface area contributed by atoms with Gasteiger partial charge in [-0.25, -0.2) is 4.98 Å². The van der Waals surface area contributed by atoms with E-state index in [2.05, 4.69) is 15.2 Å². The minimum atomic E-state index is -0.429. The molecule has 2 N–H and O–H groups in total. The van der Waals surface area contributed by atoms with Crippen LogP contribution in [0.25, 0.3) is 0 Å². The number of aromatic nitrogens is 1. The van der Waals surface area contributed by atoms with E-state index >= 15 is 0 Å². The third kappa shape index (κ3) is 4.57. The Morgan fingerprint density at radius 2 is 1.72 bits per heavy atom. The number of hydrogen-bond donors (Lipinski definition) is 2. The number of aliphatic hydroxyl groups excluding tert-OH is 1. The molecule has 0 aliphatic carbocycles. The fourth-order valence-corrected chi connectivity index (χ4v) is 3.67. The van der Waals surface area contributed by atoms with E-state index in [1.165, 1.54) is 6.07 Å². The Hall–Kier alpha value is -2.91.